The number of aliphatic hydroxyl groups is 2. The van der Waals surface area contributed by atoms with Gasteiger partial charge in [-0.25, -0.2) is 0 Å². The van der Waals surface area contributed by atoms with Crippen LogP contribution in [0.4, 0.5) is 0 Å². The Labute approximate surface area is 271 Å². The first kappa shape index (κ1) is 42.3. The molecule has 0 aromatic heterocycles. The first-order valence-corrected chi connectivity index (χ1v) is 18.5. The third-order valence-electron chi connectivity index (χ3n) is 8.04. The molecule has 258 valence electrons. The number of carbonyl (C=O) groups is 2. The van der Waals surface area contributed by atoms with Crippen LogP contribution in [0.15, 0.2) is 24.3 Å². The van der Waals surface area contributed by atoms with E-state index in [2.05, 4.69) is 38.2 Å². The lowest BCUT2D eigenvalue weighted by Crippen LogP contribution is -2.13. The minimum atomic E-state index is -0.217. The smallest absolute Gasteiger partial charge is 0.305 e. The average Bonchev–Trinajstić information content (AvgIpc) is 3.01. The molecule has 0 amide bonds. The molecule has 0 aliphatic rings. The van der Waals surface area contributed by atoms with Gasteiger partial charge in [-0.1, -0.05) is 128 Å². The van der Waals surface area contributed by atoms with Gasteiger partial charge in [0.15, 0.2) is 0 Å². The van der Waals surface area contributed by atoms with Crippen molar-refractivity contribution < 1.29 is 29.3 Å². The summed E-state index contributed by atoms with van der Waals surface area (Å²) in [5, 5.41) is 20.0. The van der Waals surface area contributed by atoms with E-state index in [9.17, 15) is 19.8 Å². The largest absolute Gasteiger partial charge is 0.462 e. The minimum absolute atomic E-state index is 0.133. The van der Waals surface area contributed by atoms with Crippen LogP contribution in [0.1, 0.15) is 181 Å². The number of allylic oxidation sites excluding steroid dienone is 2. The molecular formula is C38H70O6. The van der Waals surface area contributed by atoms with Gasteiger partial charge in [-0.3, -0.25) is 9.59 Å². The van der Waals surface area contributed by atoms with Gasteiger partial charge in [0.25, 0.3) is 0 Å². The SMILES string of the molecule is CCCCCC[C@@H](O)C/C=C/CCCCCCCC(=O)OCCOC(=O)CCCCCCC/C=C/C[C@H](O)CCCCCC. The standard InChI is InChI=1S/C38H70O6/c1-3-5-7-21-27-35(39)29-23-17-13-9-11-15-19-25-31-37(41)43-33-34-44-38(42)32-26-20-16-12-10-14-18-24-30-36(40)28-22-8-6-4-2/h17-18,23-24,35-36,39-40H,3-16,19-22,25-34H2,1-2H3/b23-17+,24-18+/t35-,36-/m1/s1. The van der Waals surface area contributed by atoms with Gasteiger partial charge in [-0.15, -0.1) is 0 Å². The van der Waals surface area contributed by atoms with E-state index in [0.29, 0.717) is 12.8 Å². The van der Waals surface area contributed by atoms with Gasteiger partial charge in [-0.05, 0) is 64.2 Å². The van der Waals surface area contributed by atoms with Crippen LogP contribution in [0.2, 0.25) is 0 Å². The first-order valence-electron chi connectivity index (χ1n) is 18.5. The van der Waals surface area contributed by atoms with Crippen LogP contribution in [-0.4, -0.2) is 47.6 Å². The van der Waals surface area contributed by atoms with Crippen molar-refractivity contribution >= 4 is 11.9 Å². The van der Waals surface area contributed by atoms with Gasteiger partial charge in [-0.2, -0.15) is 0 Å². The van der Waals surface area contributed by atoms with Gasteiger partial charge in [0, 0.05) is 12.8 Å². The Morgan fingerprint density at radius 2 is 0.864 bits per heavy atom. The number of esters is 2. The van der Waals surface area contributed by atoms with Crippen LogP contribution in [0.5, 0.6) is 0 Å². The number of aliphatic hydroxyl groups excluding tert-OH is 2. The van der Waals surface area contributed by atoms with Crippen LogP contribution in [0.3, 0.4) is 0 Å². The predicted octanol–water partition coefficient (Wildman–Crippen LogP) is 10.1. The number of hydrogen-bond acceptors (Lipinski definition) is 6. The summed E-state index contributed by atoms with van der Waals surface area (Å²) in [6, 6.07) is 0. The van der Waals surface area contributed by atoms with Crippen molar-refractivity contribution in [3.63, 3.8) is 0 Å². The molecule has 2 atom stereocenters. The number of ether oxygens (including phenoxy) is 2. The molecule has 0 unspecified atom stereocenters. The van der Waals surface area contributed by atoms with Crippen molar-refractivity contribution in [3.8, 4) is 0 Å². The van der Waals surface area contributed by atoms with E-state index in [1.54, 1.807) is 0 Å². The van der Waals surface area contributed by atoms with Crippen molar-refractivity contribution in [2.24, 2.45) is 0 Å². The Morgan fingerprint density at radius 3 is 1.27 bits per heavy atom. The summed E-state index contributed by atoms with van der Waals surface area (Å²) in [6.45, 7) is 4.67. The zero-order valence-electron chi connectivity index (χ0n) is 28.8. The lowest BCUT2D eigenvalue weighted by atomic mass is 10.1. The molecule has 6 nitrogen and oxygen atoms in total. The number of rotatable bonds is 33. The van der Waals surface area contributed by atoms with Crippen LogP contribution in [0, 0.1) is 0 Å². The number of hydrogen-bond donors (Lipinski definition) is 2. The lowest BCUT2D eigenvalue weighted by molar-refractivity contribution is -0.152. The van der Waals surface area contributed by atoms with E-state index in [1.165, 1.54) is 38.5 Å². The quantitative estimate of drug-likeness (QED) is 0.0430. The Kier molecular flexibility index (Phi) is 32.9. The molecule has 0 bridgehead atoms. The lowest BCUT2D eigenvalue weighted by Gasteiger charge is -2.07. The van der Waals surface area contributed by atoms with E-state index < -0.39 is 0 Å². The highest BCUT2D eigenvalue weighted by Crippen LogP contribution is 2.12. The highest BCUT2D eigenvalue weighted by atomic mass is 16.6. The summed E-state index contributed by atoms with van der Waals surface area (Å²) in [5.41, 5.74) is 0. The molecule has 0 fully saturated rings. The fraction of sp³-hybridized carbons (Fsp3) is 0.842. The second kappa shape index (κ2) is 34.2. The molecule has 0 aliphatic carbocycles. The molecule has 0 aromatic rings. The highest BCUT2D eigenvalue weighted by molar-refractivity contribution is 5.70. The summed E-state index contributed by atoms with van der Waals surface area (Å²) in [6.07, 6.45) is 34.7. The summed E-state index contributed by atoms with van der Waals surface area (Å²) in [4.78, 5) is 23.8. The number of carbonyl (C=O) groups excluding carboxylic acids is 2. The second-order valence-electron chi connectivity index (χ2n) is 12.5. The summed E-state index contributed by atoms with van der Waals surface area (Å²) in [5.74, 6) is -0.434. The molecule has 0 saturated heterocycles. The Morgan fingerprint density at radius 1 is 0.500 bits per heavy atom. The van der Waals surface area contributed by atoms with E-state index in [0.717, 1.165) is 116 Å². The van der Waals surface area contributed by atoms with Crippen molar-refractivity contribution in [3.05, 3.63) is 24.3 Å². The maximum atomic E-state index is 11.9. The Hall–Kier alpha value is -1.66. The minimum Gasteiger partial charge on any atom is -0.462 e. The molecule has 0 radical (unpaired) electrons. The summed E-state index contributed by atoms with van der Waals surface area (Å²) >= 11 is 0. The molecule has 0 rings (SSSR count). The summed E-state index contributed by atoms with van der Waals surface area (Å²) in [7, 11) is 0. The molecule has 44 heavy (non-hydrogen) atoms. The van der Waals surface area contributed by atoms with Gasteiger partial charge < -0.3 is 19.7 Å². The topological polar surface area (TPSA) is 93.1 Å². The second-order valence-corrected chi connectivity index (χ2v) is 12.5. The monoisotopic (exact) mass is 623 g/mol. The molecule has 2 N–H and O–H groups in total. The Bertz CT molecular complexity index is 631. The maximum Gasteiger partial charge on any atom is 0.305 e. The molecule has 0 aromatic carbocycles. The van der Waals surface area contributed by atoms with E-state index >= 15 is 0 Å². The zero-order valence-corrected chi connectivity index (χ0v) is 28.8. The normalized spacial score (nSPS) is 13.1. The Balaban J connectivity index is 3.44. The number of unbranched alkanes of at least 4 members (excludes halogenated alkanes) is 16. The molecule has 0 aliphatic heterocycles. The molecule has 0 spiro atoms. The molecule has 0 saturated carbocycles. The van der Waals surface area contributed by atoms with Crippen LogP contribution >= 0.6 is 0 Å². The van der Waals surface area contributed by atoms with Crippen LogP contribution in [-0.2, 0) is 19.1 Å². The first-order chi connectivity index (χ1) is 21.5. The van der Waals surface area contributed by atoms with Crippen molar-refractivity contribution in [1.82, 2.24) is 0 Å². The van der Waals surface area contributed by atoms with Crippen LogP contribution in [0.25, 0.3) is 0 Å². The fourth-order valence-electron chi connectivity index (χ4n) is 5.17. The van der Waals surface area contributed by atoms with Crippen molar-refractivity contribution in [2.45, 2.75) is 193 Å². The fourth-order valence-corrected chi connectivity index (χ4v) is 5.17. The van der Waals surface area contributed by atoms with Crippen LogP contribution < -0.4 is 0 Å². The van der Waals surface area contributed by atoms with Gasteiger partial charge in [0.1, 0.15) is 13.2 Å². The summed E-state index contributed by atoms with van der Waals surface area (Å²) < 4.78 is 10.4. The third-order valence-corrected chi connectivity index (χ3v) is 8.04. The van der Waals surface area contributed by atoms with Crippen molar-refractivity contribution in [1.29, 1.82) is 0 Å². The molecule has 6 heteroatoms. The van der Waals surface area contributed by atoms with E-state index in [4.69, 9.17) is 9.47 Å². The zero-order chi connectivity index (χ0) is 32.4. The average molecular weight is 623 g/mol. The van der Waals surface area contributed by atoms with Crippen molar-refractivity contribution in [2.75, 3.05) is 13.2 Å². The predicted molar refractivity (Wildman–Crippen MR) is 184 cm³/mol. The van der Waals surface area contributed by atoms with Gasteiger partial charge >= 0.3 is 11.9 Å². The highest BCUT2D eigenvalue weighted by Gasteiger charge is 2.06. The van der Waals surface area contributed by atoms with E-state index in [1.807, 2.05) is 0 Å². The third kappa shape index (κ3) is 33.2. The molecular weight excluding hydrogens is 552 g/mol. The maximum absolute atomic E-state index is 11.9. The van der Waals surface area contributed by atoms with Gasteiger partial charge in [0.2, 0.25) is 0 Å². The van der Waals surface area contributed by atoms with E-state index in [-0.39, 0.29) is 37.4 Å². The molecule has 0 heterocycles. The van der Waals surface area contributed by atoms with Gasteiger partial charge in [0.05, 0.1) is 12.2 Å².